The second-order valence-electron chi connectivity index (χ2n) is 4.62. The maximum atomic E-state index is 11.7. The number of hydrogen-bond acceptors (Lipinski definition) is 5. The van der Waals surface area contributed by atoms with Gasteiger partial charge in [-0.1, -0.05) is 29.8 Å². The van der Waals surface area contributed by atoms with Crippen LogP contribution < -0.4 is 10.6 Å². The molecular weight excluding hydrogens is 357 g/mol. The molecule has 8 heteroatoms. The van der Waals surface area contributed by atoms with Crippen LogP contribution in [0.2, 0.25) is 5.02 Å². The van der Waals surface area contributed by atoms with Crippen LogP contribution in [0.25, 0.3) is 0 Å². The number of methoxy groups -OCH3 is 1. The van der Waals surface area contributed by atoms with Crippen LogP contribution in [0.4, 0.5) is 5.13 Å². The number of anilines is 1. The molecule has 0 aliphatic rings. The van der Waals surface area contributed by atoms with Gasteiger partial charge >= 0.3 is 0 Å². The van der Waals surface area contributed by atoms with E-state index >= 15 is 0 Å². The molecule has 1 amide bonds. The summed E-state index contributed by atoms with van der Waals surface area (Å²) in [6.45, 7) is 1.45. The molecule has 0 saturated carbocycles. The lowest BCUT2D eigenvalue weighted by atomic mass is 10.1. The Balaban J connectivity index is 0.00000264. The number of halogens is 2. The summed E-state index contributed by atoms with van der Waals surface area (Å²) < 4.78 is 4.90. The summed E-state index contributed by atoms with van der Waals surface area (Å²) in [6, 6.07) is 7.71. The van der Waals surface area contributed by atoms with Crippen LogP contribution in [0.1, 0.15) is 10.4 Å². The summed E-state index contributed by atoms with van der Waals surface area (Å²) in [6.07, 6.45) is 2.47. The van der Waals surface area contributed by atoms with Gasteiger partial charge in [0.05, 0.1) is 13.2 Å². The highest BCUT2D eigenvalue weighted by molar-refractivity contribution is 7.15. The molecule has 126 valence electrons. The first kappa shape index (κ1) is 19.9. The van der Waals surface area contributed by atoms with Gasteiger partial charge in [0.15, 0.2) is 5.13 Å². The van der Waals surface area contributed by atoms with E-state index in [0.29, 0.717) is 24.7 Å². The highest BCUT2D eigenvalue weighted by atomic mass is 35.5. The number of aromatic nitrogens is 1. The fourth-order valence-electron chi connectivity index (χ4n) is 1.82. The largest absolute Gasteiger partial charge is 0.383 e. The van der Waals surface area contributed by atoms with E-state index in [1.165, 1.54) is 11.3 Å². The number of nitrogens with zero attached hydrogens (tertiary/aromatic N) is 1. The summed E-state index contributed by atoms with van der Waals surface area (Å²) in [5, 5.41) is 7.09. The van der Waals surface area contributed by atoms with Crippen molar-refractivity contribution in [1.29, 1.82) is 0 Å². The summed E-state index contributed by atoms with van der Waals surface area (Å²) in [7, 11) is 1.62. The van der Waals surface area contributed by atoms with Crippen molar-refractivity contribution < 1.29 is 9.53 Å². The van der Waals surface area contributed by atoms with Gasteiger partial charge in [0.2, 0.25) is 5.91 Å². The highest BCUT2D eigenvalue weighted by Crippen LogP contribution is 2.24. The van der Waals surface area contributed by atoms with Crippen LogP contribution in [0.3, 0.4) is 0 Å². The van der Waals surface area contributed by atoms with Gasteiger partial charge in [-0.2, -0.15) is 0 Å². The van der Waals surface area contributed by atoms with Crippen molar-refractivity contribution in [1.82, 2.24) is 10.3 Å². The van der Waals surface area contributed by atoms with Crippen molar-refractivity contribution >= 4 is 46.4 Å². The van der Waals surface area contributed by atoms with Gasteiger partial charge in [0.1, 0.15) is 0 Å². The number of nitrogens with one attached hydrogen (secondary N) is 2. The third-order valence-electron chi connectivity index (χ3n) is 2.89. The van der Waals surface area contributed by atoms with E-state index < -0.39 is 0 Å². The predicted octanol–water partition coefficient (Wildman–Crippen LogP) is 2.98. The van der Waals surface area contributed by atoms with Crippen molar-refractivity contribution in [2.75, 3.05) is 32.1 Å². The zero-order chi connectivity index (χ0) is 15.8. The molecule has 5 nitrogen and oxygen atoms in total. The Labute approximate surface area is 150 Å². The molecule has 23 heavy (non-hydrogen) atoms. The Bertz CT molecular complexity index is 622. The lowest BCUT2D eigenvalue weighted by Gasteiger charge is -2.03. The molecule has 2 N–H and O–H groups in total. The van der Waals surface area contributed by atoms with Gasteiger partial charge in [-0.25, -0.2) is 4.98 Å². The molecule has 0 radical (unpaired) electrons. The monoisotopic (exact) mass is 375 g/mol. The highest BCUT2D eigenvalue weighted by Gasteiger charge is 2.08. The quantitative estimate of drug-likeness (QED) is 0.696. The van der Waals surface area contributed by atoms with Crippen LogP contribution >= 0.6 is 35.3 Å². The molecule has 0 fully saturated rings. The van der Waals surface area contributed by atoms with Gasteiger partial charge < -0.3 is 15.4 Å². The number of thiazole rings is 1. The van der Waals surface area contributed by atoms with Crippen molar-refractivity contribution in [2.45, 2.75) is 6.42 Å². The van der Waals surface area contributed by atoms with E-state index in [9.17, 15) is 4.79 Å². The van der Waals surface area contributed by atoms with E-state index in [4.69, 9.17) is 16.3 Å². The summed E-state index contributed by atoms with van der Waals surface area (Å²) in [4.78, 5) is 17.0. The fraction of sp³-hybridized carbons (Fsp3) is 0.333. The number of amides is 1. The molecule has 1 aromatic heterocycles. The van der Waals surface area contributed by atoms with Gasteiger partial charge in [0.25, 0.3) is 0 Å². The molecule has 0 unspecified atom stereocenters. The standard InChI is InChI=1S/C15H18ClN3O2S.ClH/c1-21-7-6-17-10-14(20)19-15-18-9-12(22-15)8-11-4-2-3-5-13(11)16;/h2-5,9,17H,6-8,10H2,1H3,(H,18,19,20);1H. The number of carbonyl (C=O) groups is 1. The van der Waals surface area contributed by atoms with Crippen LogP contribution in [0.15, 0.2) is 30.5 Å². The van der Waals surface area contributed by atoms with Crippen molar-refractivity contribution in [3.05, 3.63) is 45.9 Å². The summed E-state index contributed by atoms with van der Waals surface area (Å²) in [5.41, 5.74) is 1.05. The molecule has 0 aliphatic carbocycles. The Morgan fingerprint density at radius 2 is 2.17 bits per heavy atom. The first-order valence-corrected chi connectivity index (χ1v) is 8.06. The fourth-order valence-corrected chi connectivity index (χ4v) is 2.87. The lowest BCUT2D eigenvalue weighted by molar-refractivity contribution is -0.115. The number of hydrogen-bond donors (Lipinski definition) is 2. The molecule has 2 aromatic rings. The second-order valence-corrected chi connectivity index (χ2v) is 6.14. The first-order valence-electron chi connectivity index (χ1n) is 6.86. The maximum absolute atomic E-state index is 11.7. The molecule has 1 aromatic carbocycles. The Kier molecular flexibility index (Phi) is 9.13. The predicted molar refractivity (Wildman–Crippen MR) is 97.0 cm³/mol. The summed E-state index contributed by atoms with van der Waals surface area (Å²) in [5.74, 6) is -0.116. The number of rotatable bonds is 8. The van der Waals surface area contributed by atoms with Crippen LogP contribution in [0, 0.1) is 0 Å². The molecule has 0 saturated heterocycles. The number of carbonyl (C=O) groups excluding carboxylic acids is 1. The van der Waals surface area contributed by atoms with Gasteiger partial charge in [-0.05, 0) is 11.6 Å². The van der Waals surface area contributed by atoms with Crippen LogP contribution in [0.5, 0.6) is 0 Å². The minimum Gasteiger partial charge on any atom is -0.383 e. The zero-order valence-corrected chi connectivity index (χ0v) is 15.1. The topological polar surface area (TPSA) is 63.2 Å². The van der Waals surface area contributed by atoms with Crippen LogP contribution in [-0.4, -0.2) is 37.7 Å². The average molecular weight is 376 g/mol. The molecule has 1 heterocycles. The minimum absolute atomic E-state index is 0. The molecule has 0 spiro atoms. The molecule has 0 aliphatic heterocycles. The smallest absolute Gasteiger partial charge is 0.240 e. The molecule has 2 rings (SSSR count). The second kappa shape index (κ2) is 10.6. The molecule has 0 bridgehead atoms. The third-order valence-corrected chi connectivity index (χ3v) is 4.17. The zero-order valence-electron chi connectivity index (χ0n) is 12.7. The van der Waals surface area contributed by atoms with Crippen LogP contribution in [-0.2, 0) is 16.0 Å². The van der Waals surface area contributed by atoms with E-state index in [1.54, 1.807) is 13.3 Å². The van der Waals surface area contributed by atoms with E-state index in [2.05, 4.69) is 15.6 Å². The van der Waals surface area contributed by atoms with Crippen molar-refractivity contribution in [3.8, 4) is 0 Å². The Morgan fingerprint density at radius 1 is 1.39 bits per heavy atom. The SMILES string of the molecule is COCCNCC(=O)Nc1ncc(Cc2ccccc2Cl)s1.Cl. The van der Waals surface area contributed by atoms with E-state index in [1.807, 2.05) is 24.3 Å². The van der Waals surface area contributed by atoms with Gasteiger partial charge in [-0.15, -0.1) is 23.7 Å². The lowest BCUT2D eigenvalue weighted by Crippen LogP contribution is -2.30. The van der Waals surface area contributed by atoms with Gasteiger partial charge in [0, 0.05) is 36.2 Å². The molecule has 0 atom stereocenters. The third kappa shape index (κ3) is 6.85. The van der Waals surface area contributed by atoms with E-state index in [0.717, 1.165) is 15.5 Å². The normalized spacial score (nSPS) is 10.2. The number of benzene rings is 1. The number of ether oxygens (including phenoxy) is 1. The first-order chi connectivity index (χ1) is 10.7. The average Bonchev–Trinajstić information content (AvgIpc) is 2.93. The summed E-state index contributed by atoms with van der Waals surface area (Å²) >= 11 is 7.60. The minimum atomic E-state index is -0.116. The van der Waals surface area contributed by atoms with Gasteiger partial charge in [-0.3, -0.25) is 4.79 Å². The molecular formula is C15H19Cl2N3O2S. The van der Waals surface area contributed by atoms with E-state index in [-0.39, 0.29) is 24.9 Å². The Morgan fingerprint density at radius 3 is 2.91 bits per heavy atom. The van der Waals surface area contributed by atoms with Crippen molar-refractivity contribution in [2.24, 2.45) is 0 Å². The maximum Gasteiger partial charge on any atom is 0.240 e. The van der Waals surface area contributed by atoms with Crippen molar-refractivity contribution in [3.63, 3.8) is 0 Å². The Hall–Kier alpha value is -1.18.